The number of fused-ring (bicyclic) bond motifs is 1. The molecule has 15 heavy (non-hydrogen) atoms. The molecule has 0 aliphatic carbocycles. The molecule has 2 heterocycles. The monoisotopic (exact) mass is 211 g/mol. The summed E-state index contributed by atoms with van der Waals surface area (Å²) >= 11 is 0. The maximum atomic E-state index is 2.67. The van der Waals surface area contributed by atoms with Crippen molar-refractivity contribution in [1.29, 1.82) is 0 Å². The van der Waals surface area contributed by atoms with Crippen LogP contribution in [-0.4, -0.2) is 54.7 Å². The lowest BCUT2D eigenvalue weighted by molar-refractivity contribution is -0.921. The van der Waals surface area contributed by atoms with E-state index in [4.69, 9.17) is 0 Å². The second-order valence-corrected chi connectivity index (χ2v) is 6.51. The minimum Gasteiger partial charge on any atom is -0.324 e. The predicted molar refractivity (Wildman–Crippen MR) is 64.7 cm³/mol. The zero-order valence-corrected chi connectivity index (χ0v) is 11.0. The lowest BCUT2D eigenvalue weighted by atomic mass is 10.0. The van der Waals surface area contributed by atoms with Crippen molar-refractivity contribution in [2.75, 3.05) is 33.2 Å². The van der Waals surface area contributed by atoms with Crippen LogP contribution < -0.4 is 0 Å². The summed E-state index contributed by atoms with van der Waals surface area (Å²) in [6.45, 7) is 14.9. The van der Waals surface area contributed by atoms with Gasteiger partial charge in [-0.25, -0.2) is 0 Å². The van der Waals surface area contributed by atoms with Crippen LogP contribution in [0.15, 0.2) is 0 Å². The third-order valence-electron chi connectivity index (χ3n) is 4.88. The molecule has 3 atom stereocenters. The van der Waals surface area contributed by atoms with Gasteiger partial charge in [0, 0.05) is 31.0 Å². The fourth-order valence-corrected chi connectivity index (χ4v) is 3.38. The fraction of sp³-hybridized carbons (Fsp3) is 1.00. The molecule has 0 N–H and O–H groups in total. The van der Waals surface area contributed by atoms with Crippen LogP contribution in [0.4, 0.5) is 0 Å². The summed E-state index contributed by atoms with van der Waals surface area (Å²) < 4.78 is 1.31. The van der Waals surface area contributed by atoms with Gasteiger partial charge in [-0.1, -0.05) is 0 Å². The van der Waals surface area contributed by atoms with E-state index in [0.717, 1.165) is 23.9 Å². The van der Waals surface area contributed by atoms with Gasteiger partial charge in [-0.05, 0) is 27.7 Å². The van der Waals surface area contributed by atoms with Crippen LogP contribution in [0.5, 0.6) is 0 Å². The van der Waals surface area contributed by atoms with E-state index in [1.165, 1.54) is 30.7 Å². The van der Waals surface area contributed by atoms with Crippen molar-refractivity contribution in [2.45, 2.75) is 39.8 Å². The minimum atomic E-state index is 0.744. The second-order valence-electron chi connectivity index (χ2n) is 6.51. The molecule has 2 rings (SSSR count). The summed E-state index contributed by atoms with van der Waals surface area (Å²) in [7, 11) is 2.45. The summed E-state index contributed by atoms with van der Waals surface area (Å²) in [5.74, 6) is 1.94. The first-order valence-electron chi connectivity index (χ1n) is 6.50. The van der Waals surface area contributed by atoms with Gasteiger partial charge in [-0.3, -0.25) is 4.90 Å². The van der Waals surface area contributed by atoms with E-state index in [-0.39, 0.29) is 0 Å². The highest BCUT2D eigenvalue weighted by atomic mass is 15.4. The molecule has 0 bridgehead atoms. The molecular weight excluding hydrogens is 184 g/mol. The first-order chi connectivity index (χ1) is 6.92. The lowest BCUT2D eigenvalue weighted by Gasteiger charge is -2.36. The van der Waals surface area contributed by atoms with Crippen LogP contribution in [0.1, 0.15) is 27.7 Å². The first kappa shape index (κ1) is 11.4. The van der Waals surface area contributed by atoms with E-state index in [2.05, 4.69) is 39.6 Å². The molecule has 0 aromatic rings. The molecule has 0 spiro atoms. The zero-order chi connectivity index (χ0) is 11.2. The summed E-state index contributed by atoms with van der Waals surface area (Å²) in [5.41, 5.74) is 0. The lowest BCUT2D eigenvalue weighted by Crippen LogP contribution is -2.49. The van der Waals surface area contributed by atoms with Crippen molar-refractivity contribution >= 4 is 0 Å². The van der Waals surface area contributed by atoms with Gasteiger partial charge in [-0.2, -0.15) is 0 Å². The third kappa shape index (κ3) is 1.94. The van der Waals surface area contributed by atoms with Gasteiger partial charge in [0.15, 0.2) is 0 Å². The molecule has 2 heteroatoms. The minimum absolute atomic E-state index is 0.744. The number of hydrogen-bond donors (Lipinski definition) is 0. The van der Waals surface area contributed by atoms with Crippen LogP contribution in [0.25, 0.3) is 0 Å². The number of likely N-dealkylation sites (tertiary alicyclic amines) is 2. The molecule has 2 nitrogen and oxygen atoms in total. The maximum Gasteiger partial charge on any atom is 0.0833 e. The Balaban J connectivity index is 1.99. The molecule has 0 radical (unpaired) electrons. The van der Waals surface area contributed by atoms with E-state index in [1.54, 1.807) is 0 Å². The Morgan fingerprint density at radius 3 is 1.80 bits per heavy atom. The van der Waals surface area contributed by atoms with Crippen molar-refractivity contribution in [1.82, 2.24) is 4.90 Å². The highest BCUT2D eigenvalue weighted by molar-refractivity contribution is 4.89. The number of rotatable bonds is 2. The number of nitrogens with zero attached hydrogens (tertiary/aromatic N) is 2. The Bertz CT molecular complexity index is 221. The number of hydrogen-bond acceptors (Lipinski definition) is 1. The Morgan fingerprint density at radius 2 is 1.47 bits per heavy atom. The zero-order valence-electron chi connectivity index (χ0n) is 11.0. The normalized spacial score (nSPS) is 41.8. The number of quaternary nitrogens is 1. The van der Waals surface area contributed by atoms with E-state index < -0.39 is 0 Å². The van der Waals surface area contributed by atoms with Gasteiger partial charge < -0.3 is 4.48 Å². The van der Waals surface area contributed by atoms with Crippen molar-refractivity contribution in [3.05, 3.63) is 0 Å². The van der Waals surface area contributed by atoms with Crippen LogP contribution in [0, 0.1) is 11.8 Å². The summed E-state index contributed by atoms with van der Waals surface area (Å²) in [5, 5.41) is 0. The van der Waals surface area contributed by atoms with Gasteiger partial charge in [0.2, 0.25) is 0 Å². The Kier molecular flexibility index (Phi) is 2.85. The SMILES string of the molecule is CC(C)N1C[C@@H]2C[N+](C)(C(C)C)C[C@@H]2C1. The summed E-state index contributed by atoms with van der Waals surface area (Å²) in [6.07, 6.45) is 0. The van der Waals surface area contributed by atoms with E-state index in [1.807, 2.05) is 0 Å². The Hall–Kier alpha value is -0.0800. The largest absolute Gasteiger partial charge is 0.324 e. The standard InChI is InChI=1S/C13H27N2/c1-10(2)14-6-12-8-15(5,11(3)4)9-13(12)7-14/h10-13H,6-9H2,1-5H3/q+1/t12-,13+,15?. The van der Waals surface area contributed by atoms with Crippen LogP contribution >= 0.6 is 0 Å². The molecular formula is C13H27N2+. The predicted octanol–water partition coefficient (Wildman–Crippen LogP) is 1.81. The quantitative estimate of drug-likeness (QED) is 0.630. The van der Waals surface area contributed by atoms with Crippen molar-refractivity contribution in [3.63, 3.8) is 0 Å². The third-order valence-corrected chi connectivity index (χ3v) is 4.88. The van der Waals surface area contributed by atoms with Gasteiger partial charge in [0.25, 0.3) is 0 Å². The van der Waals surface area contributed by atoms with Crippen molar-refractivity contribution in [3.8, 4) is 0 Å². The van der Waals surface area contributed by atoms with Crippen LogP contribution in [0.2, 0.25) is 0 Å². The van der Waals surface area contributed by atoms with Gasteiger partial charge in [0.05, 0.1) is 26.2 Å². The molecule has 0 amide bonds. The fourth-order valence-electron chi connectivity index (χ4n) is 3.38. The smallest absolute Gasteiger partial charge is 0.0833 e. The van der Waals surface area contributed by atoms with E-state index in [0.29, 0.717) is 0 Å². The molecule has 2 aliphatic heterocycles. The summed E-state index contributed by atoms with van der Waals surface area (Å²) in [6, 6.07) is 1.54. The van der Waals surface area contributed by atoms with Gasteiger partial charge in [-0.15, -0.1) is 0 Å². The molecule has 2 fully saturated rings. The average molecular weight is 211 g/mol. The topological polar surface area (TPSA) is 3.24 Å². The summed E-state index contributed by atoms with van der Waals surface area (Å²) in [4.78, 5) is 2.67. The molecule has 88 valence electrons. The van der Waals surface area contributed by atoms with E-state index >= 15 is 0 Å². The average Bonchev–Trinajstić information content (AvgIpc) is 2.59. The van der Waals surface area contributed by atoms with Crippen LogP contribution in [0.3, 0.4) is 0 Å². The Morgan fingerprint density at radius 1 is 1.00 bits per heavy atom. The molecule has 1 unspecified atom stereocenters. The van der Waals surface area contributed by atoms with Crippen molar-refractivity contribution in [2.24, 2.45) is 11.8 Å². The molecule has 0 saturated carbocycles. The molecule has 2 aliphatic rings. The highest BCUT2D eigenvalue weighted by Crippen LogP contribution is 2.36. The first-order valence-corrected chi connectivity index (χ1v) is 6.50. The highest BCUT2D eigenvalue weighted by Gasteiger charge is 2.48. The molecule has 0 aromatic heterocycles. The van der Waals surface area contributed by atoms with Gasteiger partial charge >= 0.3 is 0 Å². The molecule has 2 saturated heterocycles. The Labute approximate surface area is 94.8 Å². The van der Waals surface area contributed by atoms with Gasteiger partial charge in [0.1, 0.15) is 0 Å². The van der Waals surface area contributed by atoms with E-state index in [9.17, 15) is 0 Å². The second kappa shape index (κ2) is 3.74. The maximum absolute atomic E-state index is 2.67. The van der Waals surface area contributed by atoms with Crippen LogP contribution in [-0.2, 0) is 0 Å². The molecule has 0 aromatic carbocycles. The van der Waals surface area contributed by atoms with Crippen molar-refractivity contribution < 1.29 is 4.48 Å².